The number of hydrogen-bond donors (Lipinski definition) is 2. The Morgan fingerprint density at radius 2 is 1.76 bits per heavy atom. The third kappa shape index (κ3) is 5.38. The molecule has 0 radical (unpaired) electrons. The van der Waals surface area contributed by atoms with Gasteiger partial charge in [-0.2, -0.15) is 0 Å². The highest BCUT2D eigenvalue weighted by Crippen LogP contribution is 2.28. The van der Waals surface area contributed by atoms with E-state index in [1.165, 1.54) is 19.1 Å². The van der Waals surface area contributed by atoms with Gasteiger partial charge in [0.15, 0.2) is 5.78 Å². The van der Waals surface area contributed by atoms with Gasteiger partial charge < -0.3 is 14.7 Å². The number of amides is 1. The second kappa shape index (κ2) is 10.0. The van der Waals surface area contributed by atoms with Crippen LogP contribution < -0.4 is 5.32 Å². The minimum absolute atomic E-state index is 0.00742. The molecule has 2 N–H and O–H groups in total. The lowest BCUT2D eigenvalue weighted by Crippen LogP contribution is -2.14. The Hall–Kier alpha value is -4.84. The zero-order valence-electron chi connectivity index (χ0n) is 19.3. The number of carbonyl (C=O) groups excluding carboxylic acids is 2. The van der Waals surface area contributed by atoms with E-state index in [1.54, 1.807) is 48.5 Å². The summed E-state index contributed by atoms with van der Waals surface area (Å²) >= 11 is 1.10. The Labute approximate surface area is 213 Å². The molecule has 0 aliphatic carbocycles. The standard InChI is InChI=1S/C25H18N6O5S/c1-14(32)15-2-7-18(8-3-15)26-22(33)13-37-25-30-29-24(36-25)17-6-11-20-21(12-17)28-23(27-20)16-4-9-19(10-5-16)31(34)35/h2-12H,13H2,1H3,(H,26,33)(H,27,28). The number of rotatable bonds is 8. The maximum absolute atomic E-state index is 12.3. The molecule has 5 rings (SSSR count). The molecule has 0 spiro atoms. The number of nitro benzene ring substituents is 1. The first kappa shape index (κ1) is 23.9. The Kier molecular flexibility index (Phi) is 6.47. The van der Waals surface area contributed by atoms with Gasteiger partial charge in [-0.15, -0.1) is 10.2 Å². The van der Waals surface area contributed by atoms with Gasteiger partial charge in [0.1, 0.15) is 5.82 Å². The highest BCUT2D eigenvalue weighted by atomic mass is 32.2. The molecule has 0 aliphatic heterocycles. The quantitative estimate of drug-likeness (QED) is 0.124. The Balaban J connectivity index is 1.24. The number of aromatic amines is 1. The van der Waals surface area contributed by atoms with Crippen LogP contribution in [0.1, 0.15) is 17.3 Å². The van der Waals surface area contributed by atoms with Crippen LogP contribution in [0, 0.1) is 10.1 Å². The summed E-state index contributed by atoms with van der Waals surface area (Å²) in [6, 6.07) is 18.2. The summed E-state index contributed by atoms with van der Waals surface area (Å²) in [6.07, 6.45) is 0. The van der Waals surface area contributed by atoms with Crippen molar-refractivity contribution in [1.29, 1.82) is 0 Å². The average molecular weight is 515 g/mol. The fourth-order valence-electron chi connectivity index (χ4n) is 3.52. The highest BCUT2D eigenvalue weighted by molar-refractivity contribution is 7.99. The number of Topliss-reactive ketones (excluding diaryl/α,β-unsaturated/α-hetero) is 1. The first-order valence-electron chi connectivity index (χ1n) is 11.0. The molecule has 0 saturated heterocycles. The maximum Gasteiger partial charge on any atom is 0.277 e. The van der Waals surface area contributed by atoms with Gasteiger partial charge in [0.2, 0.25) is 11.8 Å². The molecule has 3 aromatic carbocycles. The van der Waals surface area contributed by atoms with Crippen LogP contribution in [0.3, 0.4) is 0 Å². The summed E-state index contributed by atoms with van der Waals surface area (Å²) in [7, 11) is 0. The number of benzene rings is 3. The lowest BCUT2D eigenvalue weighted by atomic mass is 10.1. The number of hydrogen-bond acceptors (Lipinski definition) is 9. The number of aromatic nitrogens is 4. The normalized spacial score (nSPS) is 10.9. The van der Waals surface area contributed by atoms with Gasteiger partial charge in [0.25, 0.3) is 10.9 Å². The molecular weight excluding hydrogens is 496 g/mol. The zero-order valence-corrected chi connectivity index (χ0v) is 20.1. The van der Waals surface area contributed by atoms with Crippen molar-refractivity contribution < 1.29 is 18.9 Å². The number of carbonyl (C=O) groups is 2. The van der Waals surface area contributed by atoms with Crippen LogP contribution in [0.25, 0.3) is 33.9 Å². The van der Waals surface area contributed by atoms with Crippen LogP contribution in [0.4, 0.5) is 11.4 Å². The zero-order chi connectivity index (χ0) is 25.9. The third-order valence-corrected chi connectivity index (χ3v) is 6.21. The third-order valence-electron chi connectivity index (χ3n) is 5.39. The molecular formula is C25H18N6O5S. The second-order valence-corrected chi connectivity index (χ2v) is 8.89. The molecule has 0 saturated carbocycles. The molecule has 0 unspecified atom stereocenters. The van der Waals surface area contributed by atoms with Gasteiger partial charge in [-0.1, -0.05) is 11.8 Å². The fourth-order valence-corrected chi connectivity index (χ4v) is 4.08. The Bertz CT molecular complexity index is 1630. The predicted molar refractivity (Wildman–Crippen MR) is 137 cm³/mol. The van der Waals surface area contributed by atoms with Gasteiger partial charge in [-0.3, -0.25) is 19.7 Å². The minimum Gasteiger partial charge on any atom is -0.411 e. The van der Waals surface area contributed by atoms with Gasteiger partial charge in [-0.05, 0) is 61.5 Å². The Morgan fingerprint density at radius 3 is 2.46 bits per heavy atom. The van der Waals surface area contributed by atoms with Gasteiger partial charge in [-0.25, -0.2) is 4.98 Å². The molecule has 0 fully saturated rings. The number of thioether (sulfide) groups is 1. The number of nitrogens with one attached hydrogen (secondary N) is 2. The second-order valence-electron chi connectivity index (χ2n) is 7.96. The average Bonchev–Trinajstić information content (AvgIpc) is 3.55. The number of imidazole rings is 1. The number of ketones is 1. The first-order chi connectivity index (χ1) is 17.9. The van der Waals surface area contributed by atoms with Crippen molar-refractivity contribution in [3.05, 3.63) is 82.4 Å². The van der Waals surface area contributed by atoms with E-state index in [0.717, 1.165) is 17.3 Å². The lowest BCUT2D eigenvalue weighted by Gasteiger charge is -2.04. The number of non-ortho nitro benzene ring substituents is 1. The van der Waals surface area contributed by atoms with Crippen LogP contribution in [-0.2, 0) is 4.79 Å². The van der Waals surface area contributed by atoms with Crippen molar-refractivity contribution in [2.75, 3.05) is 11.1 Å². The largest absolute Gasteiger partial charge is 0.411 e. The Morgan fingerprint density at radius 1 is 1.03 bits per heavy atom. The maximum atomic E-state index is 12.3. The van der Waals surface area contributed by atoms with Crippen molar-refractivity contribution in [2.24, 2.45) is 0 Å². The molecule has 0 bridgehead atoms. The van der Waals surface area contributed by atoms with Crippen molar-refractivity contribution in [1.82, 2.24) is 20.2 Å². The number of fused-ring (bicyclic) bond motifs is 1. The summed E-state index contributed by atoms with van der Waals surface area (Å²) in [4.78, 5) is 41.8. The van der Waals surface area contributed by atoms with Gasteiger partial charge >= 0.3 is 0 Å². The molecule has 37 heavy (non-hydrogen) atoms. The number of anilines is 1. The van der Waals surface area contributed by atoms with Crippen LogP contribution >= 0.6 is 11.8 Å². The molecule has 2 heterocycles. The molecule has 1 amide bonds. The van der Waals surface area contributed by atoms with E-state index in [2.05, 4.69) is 25.5 Å². The van der Waals surface area contributed by atoms with Crippen LogP contribution in [0.2, 0.25) is 0 Å². The molecule has 11 nitrogen and oxygen atoms in total. The number of H-pyrrole nitrogens is 1. The molecule has 184 valence electrons. The summed E-state index contributed by atoms with van der Waals surface area (Å²) in [5.41, 5.74) is 3.98. The van der Waals surface area contributed by atoms with Crippen molar-refractivity contribution in [2.45, 2.75) is 12.1 Å². The van der Waals surface area contributed by atoms with Gasteiger partial charge in [0, 0.05) is 34.5 Å². The van der Waals surface area contributed by atoms with E-state index >= 15 is 0 Å². The highest BCUT2D eigenvalue weighted by Gasteiger charge is 2.14. The molecule has 2 aromatic heterocycles. The predicted octanol–water partition coefficient (Wildman–Crippen LogP) is 5.12. The monoisotopic (exact) mass is 514 g/mol. The SMILES string of the molecule is CC(=O)c1ccc(NC(=O)CSc2nnc(-c3ccc4nc(-c5ccc([N+](=O)[O-])cc5)[nH]c4c3)o2)cc1. The topological polar surface area (TPSA) is 157 Å². The summed E-state index contributed by atoms with van der Waals surface area (Å²) in [6.45, 7) is 1.48. The van der Waals surface area contributed by atoms with E-state index in [1.807, 2.05) is 6.07 Å². The van der Waals surface area contributed by atoms with Crippen molar-refractivity contribution in [3.63, 3.8) is 0 Å². The van der Waals surface area contributed by atoms with Crippen molar-refractivity contribution in [3.8, 4) is 22.8 Å². The molecule has 0 aliphatic rings. The van der Waals surface area contributed by atoms with Gasteiger partial charge in [0.05, 0.1) is 21.7 Å². The van der Waals surface area contributed by atoms with E-state index in [0.29, 0.717) is 33.7 Å². The summed E-state index contributed by atoms with van der Waals surface area (Å²) in [5.74, 6) is 0.631. The number of nitrogens with zero attached hydrogens (tertiary/aromatic N) is 4. The smallest absolute Gasteiger partial charge is 0.277 e. The van der Waals surface area contributed by atoms with Crippen LogP contribution in [0.5, 0.6) is 0 Å². The van der Waals surface area contributed by atoms with E-state index < -0.39 is 4.92 Å². The van der Waals surface area contributed by atoms with Crippen LogP contribution in [-0.4, -0.2) is 42.5 Å². The first-order valence-corrected chi connectivity index (χ1v) is 12.0. The summed E-state index contributed by atoms with van der Waals surface area (Å²) in [5, 5.41) is 22.0. The number of nitro groups is 1. The van der Waals surface area contributed by atoms with E-state index in [9.17, 15) is 19.7 Å². The molecule has 5 aromatic rings. The summed E-state index contributed by atoms with van der Waals surface area (Å²) < 4.78 is 5.71. The van der Waals surface area contributed by atoms with Crippen LogP contribution in [0.15, 0.2) is 76.4 Å². The minimum atomic E-state index is -0.451. The fraction of sp³-hybridized carbons (Fsp3) is 0.0800. The van der Waals surface area contributed by atoms with Crippen molar-refractivity contribution >= 4 is 45.9 Å². The van der Waals surface area contributed by atoms with E-state index in [4.69, 9.17) is 4.42 Å². The van der Waals surface area contributed by atoms with E-state index in [-0.39, 0.29) is 34.2 Å². The molecule has 0 atom stereocenters. The lowest BCUT2D eigenvalue weighted by molar-refractivity contribution is -0.384. The molecule has 12 heteroatoms.